The van der Waals surface area contributed by atoms with E-state index in [4.69, 9.17) is 9.47 Å². The fourth-order valence-corrected chi connectivity index (χ4v) is 2.76. The van der Waals surface area contributed by atoms with Crippen molar-refractivity contribution in [1.82, 2.24) is 10.5 Å². The van der Waals surface area contributed by atoms with Crippen LogP contribution in [0.15, 0.2) is 41.4 Å². The maximum absolute atomic E-state index is 13.3. The van der Waals surface area contributed by atoms with Crippen LogP contribution in [-0.2, 0) is 11.3 Å². The first-order chi connectivity index (χ1) is 12.7. The molecule has 0 spiro atoms. The minimum Gasteiger partial charge on any atom is -0.472 e. The molecule has 0 saturated carbocycles. The Labute approximate surface area is 151 Å². The third kappa shape index (κ3) is 4.77. The smallest absolute Gasteiger partial charge is 0.225 e. The van der Waals surface area contributed by atoms with E-state index >= 15 is 0 Å². The number of amidine groups is 1. The molecule has 7 heteroatoms. The molecule has 2 aromatic rings. The molecule has 0 bridgehead atoms. The van der Waals surface area contributed by atoms with E-state index in [0.717, 1.165) is 25.1 Å². The second-order valence-electron chi connectivity index (χ2n) is 6.16. The predicted molar refractivity (Wildman–Crippen MR) is 95.0 cm³/mol. The maximum Gasteiger partial charge on any atom is 0.225 e. The molecular formula is C19H22FN3O3. The van der Waals surface area contributed by atoms with Crippen LogP contribution in [0.2, 0.25) is 0 Å². The van der Waals surface area contributed by atoms with Crippen LogP contribution in [0.4, 0.5) is 4.39 Å². The molecule has 1 atom stereocenters. The molecule has 3 rings (SSSR count). The van der Waals surface area contributed by atoms with Crippen molar-refractivity contribution in [2.45, 2.75) is 32.5 Å². The molecule has 138 valence electrons. The fourth-order valence-electron chi connectivity index (χ4n) is 2.76. The van der Waals surface area contributed by atoms with Crippen LogP contribution in [0.25, 0.3) is 0 Å². The van der Waals surface area contributed by atoms with Gasteiger partial charge in [0.05, 0.1) is 18.2 Å². The number of pyridine rings is 1. The summed E-state index contributed by atoms with van der Waals surface area (Å²) >= 11 is 0. The molecule has 26 heavy (non-hydrogen) atoms. The number of hydrogen-bond donors (Lipinski definition) is 2. The molecule has 6 nitrogen and oxygen atoms in total. The third-order valence-electron chi connectivity index (χ3n) is 4.10. The second-order valence-corrected chi connectivity index (χ2v) is 6.16. The van der Waals surface area contributed by atoms with Gasteiger partial charge >= 0.3 is 0 Å². The van der Waals surface area contributed by atoms with E-state index in [0.29, 0.717) is 23.6 Å². The van der Waals surface area contributed by atoms with Crippen molar-refractivity contribution in [3.63, 3.8) is 0 Å². The van der Waals surface area contributed by atoms with Crippen LogP contribution >= 0.6 is 0 Å². The standard InChI is InChI=1S/C19H22FN3O3/c1-13-7-8-17(18(23-24)21-11-16-6-3-9-25-16)19(22-13)26-12-14-4-2-5-15(20)10-14/h2,4-5,7-8,10,16,24H,3,6,9,11-12H2,1H3,(H,21,23). The molecule has 1 fully saturated rings. The summed E-state index contributed by atoms with van der Waals surface area (Å²) in [5.41, 5.74) is 4.11. The summed E-state index contributed by atoms with van der Waals surface area (Å²) in [5, 5.41) is 9.51. The highest BCUT2D eigenvalue weighted by Gasteiger charge is 2.17. The van der Waals surface area contributed by atoms with Crippen molar-refractivity contribution in [3.05, 3.63) is 59.0 Å². The van der Waals surface area contributed by atoms with Gasteiger partial charge in [-0.3, -0.25) is 15.7 Å². The van der Waals surface area contributed by atoms with Crippen molar-refractivity contribution in [2.24, 2.45) is 4.99 Å². The molecule has 1 aromatic carbocycles. The van der Waals surface area contributed by atoms with Gasteiger partial charge < -0.3 is 9.47 Å². The number of aryl methyl sites for hydroxylation is 1. The summed E-state index contributed by atoms with van der Waals surface area (Å²) in [6, 6.07) is 9.78. The summed E-state index contributed by atoms with van der Waals surface area (Å²) in [6.07, 6.45) is 2.04. The minimum absolute atomic E-state index is 0.0634. The topological polar surface area (TPSA) is 76.0 Å². The Balaban J connectivity index is 1.78. The number of hydroxylamine groups is 1. The normalized spacial score (nSPS) is 17.3. The number of nitrogens with one attached hydrogen (secondary N) is 1. The SMILES string of the molecule is Cc1ccc(C(=NCC2CCCO2)NO)c(OCc2cccc(F)c2)n1. The highest BCUT2D eigenvalue weighted by molar-refractivity contribution is 6.00. The van der Waals surface area contributed by atoms with Crippen molar-refractivity contribution >= 4 is 5.84 Å². The Kier molecular flexibility index (Phi) is 6.14. The number of nitrogens with zero attached hydrogens (tertiary/aromatic N) is 2. The summed E-state index contributed by atoms with van der Waals surface area (Å²) in [4.78, 5) is 8.78. The van der Waals surface area contributed by atoms with E-state index in [9.17, 15) is 9.60 Å². The van der Waals surface area contributed by atoms with Gasteiger partial charge in [0.25, 0.3) is 0 Å². The van der Waals surface area contributed by atoms with E-state index in [1.165, 1.54) is 12.1 Å². The van der Waals surface area contributed by atoms with Gasteiger partial charge in [-0.1, -0.05) is 12.1 Å². The van der Waals surface area contributed by atoms with E-state index in [-0.39, 0.29) is 24.4 Å². The van der Waals surface area contributed by atoms with Crippen LogP contribution in [-0.4, -0.2) is 35.3 Å². The van der Waals surface area contributed by atoms with Crippen molar-refractivity contribution in [3.8, 4) is 5.88 Å². The minimum atomic E-state index is -0.320. The lowest BCUT2D eigenvalue weighted by atomic mass is 10.2. The molecule has 0 amide bonds. The van der Waals surface area contributed by atoms with Gasteiger partial charge in [-0.05, 0) is 49.6 Å². The lowest BCUT2D eigenvalue weighted by Gasteiger charge is -2.13. The quantitative estimate of drug-likeness (QED) is 0.471. The molecule has 2 N–H and O–H groups in total. The van der Waals surface area contributed by atoms with Gasteiger partial charge in [0, 0.05) is 12.3 Å². The Morgan fingerprint density at radius 2 is 2.31 bits per heavy atom. The number of ether oxygens (including phenoxy) is 2. The van der Waals surface area contributed by atoms with Gasteiger partial charge in [-0.15, -0.1) is 0 Å². The van der Waals surface area contributed by atoms with Crippen LogP contribution in [0, 0.1) is 12.7 Å². The Morgan fingerprint density at radius 3 is 3.04 bits per heavy atom. The zero-order valence-corrected chi connectivity index (χ0v) is 14.6. The van der Waals surface area contributed by atoms with Gasteiger partial charge in [0.2, 0.25) is 5.88 Å². The van der Waals surface area contributed by atoms with Crippen molar-refractivity contribution in [1.29, 1.82) is 0 Å². The summed E-state index contributed by atoms with van der Waals surface area (Å²) in [7, 11) is 0. The Bertz CT molecular complexity index is 776. The van der Waals surface area contributed by atoms with Crippen LogP contribution in [0.1, 0.15) is 29.7 Å². The van der Waals surface area contributed by atoms with E-state index in [2.05, 4.69) is 15.5 Å². The molecule has 1 saturated heterocycles. The average Bonchev–Trinajstić information content (AvgIpc) is 3.15. The predicted octanol–water partition coefficient (Wildman–Crippen LogP) is 3.01. The Morgan fingerprint density at radius 1 is 1.42 bits per heavy atom. The van der Waals surface area contributed by atoms with Gasteiger partial charge in [0.15, 0.2) is 5.84 Å². The first kappa shape index (κ1) is 18.3. The van der Waals surface area contributed by atoms with Gasteiger partial charge in [-0.2, -0.15) is 0 Å². The molecule has 1 aliphatic heterocycles. The third-order valence-corrected chi connectivity index (χ3v) is 4.10. The highest BCUT2D eigenvalue weighted by Crippen LogP contribution is 2.19. The number of hydrogen-bond acceptors (Lipinski definition) is 5. The highest BCUT2D eigenvalue weighted by atomic mass is 19.1. The molecular weight excluding hydrogens is 337 g/mol. The summed E-state index contributed by atoms with van der Waals surface area (Å²) in [6.45, 7) is 3.19. The first-order valence-electron chi connectivity index (χ1n) is 8.57. The number of benzene rings is 1. The van der Waals surface area contributed by atoms with Crippen LogP contribution in [0.3, 0.4) is 0 Å². The zero-order valence-electron chi connectivity index (χ0n) is 14.6. The Hall–Kier alpha value is -2.51. The van der Waals surface area contributed by atoms with E-state index in [1.807, 2.05) is 13.0 Å². The van der Waals surface area contributed by atoms with E-state index in [1.54, 1.807) is 18.2 Å². The van der Waals surface area contributed by atoms with Gasteiger partial charge in [0.1, 0.15) is 12.4 Å². The van der Waals surface area contributed by atoms with E-state index < -0.39 is 0 Å². The summed E-state index contributed by atoms with van der Waals surface area (Å²) in [5.74, 6) is 0.267. The largest absolute Gasteiger partial charge is 0.472 e. The molecule has 1 unspecified atom stereocenters. The molecule has 2 heterocycles. The van der Waals surface area contributed by atoms with Crippen molar-refractivity contribution in [2.75, 3.05) is 13.2 Å². The first-order valence-corrected chi connectivity index (χ1v) is 8.57. The van der Waals surface area contributed by atoms with Crippen LogP contribution < -0.4 is 10.2 Å². The fraction of sp³-hybridized carbons (Fsp3) is 0.368. The lowest BCUT2D eigenvalue weighted by molar-refractivity contribution is 0.117. The maximum atomic E-state index is 13.3. The summed E-state index contributed by atoms with van der Waals surface area (Å²) < 4.78 is 24.6. The number of aliphatic imine (C=N–C) groups is 1. The molecule has 1 aromatic heterocycles. The molecule has 0 radical (unpaired) electrons. The number of halogens is 1. The number of rotatable bonds is 6. The molecule has 1 aliphatic rings. The van der Waals surface area contributed by atoms with Crippen molar-refractivity contribution < 1.29 is 19.1 Å². The average molecular weight is 359 g/mol. The molecule has 0 aliphatic carbocycles. The zero-order chi connectivity index (χ0) is 18.4. The monoisotopic (exact) mass is 359 g/mol. The lowest BCUT2D eigenvalue weighted by Crippen LogP contribution is -2.24. The second kappa shape index (κ2) is 8.73. The number of aromatic nitrogens is 1. The van der Waals surface area contributed by atoms with Gasteiger partial charge in [-0.25, -0.2) is 9.37 Å². The van der Waals surface area contributed by atoms with Crippen LogP contribution in [0.5, 0.6) is 5.88 Å².